The molecule has 23 heavy (non-hydrogen) atoms. The minimum atomic E-state index is -1.20. The van der Waals surface area contributed by atoms with E-state index in [9.17, 15) is 15.3 Å². The number of aromatic hydroxyl groups is 1. The lowest BCUT2D eigenvalue weighted by Crippen LogP contribution is -2.48. The number of aliphatic hydroxyl groups excluding tert-OH is 1. The number of ether oxygens (including phenoxy) is 1. The van der Waals surface area contributed by atoms with Crippen LogP contribution in [-0.4, -0.2) is 32.6 Å². The van der Waals surface area contributed by atoms with Crippen LogP contribution in [0.3, 0.4) is 0 Å². The third-order valence-corrected chi connectivity index (χ3v) is 5.11. The Morgan fingerprint density at radius 3 is 2.61 bits per heavy atom. The lowest BCUT2D eigenvalue weighted by molar-refractivity contribution is -0.0476. The number of hydrogen-bond donors (Lipinski definition) is 3. The van der Waals surface area contributed by atoms with Crippen molar-refractivity contribution in [2.45, 2.75) is 70.7 Å². The Labute approximate surface area is 137 Å². The molecule has 1 aromatic rings. The average molecular weight is 318 g/mol. The van der Waals surface area contributed by atoms with Gasteiger partial charge in [-0.2, -0.15) is 0 Å². The number of phenols is 1. The average Bonchev–Trinajstić information content (AvgIpc) is 2.42. The van der Waals surface area contributed by atoms with Crippen molar-refractivity contribution in [3.63, 3.8) is 0 Å². The van der Waals surface area contributed by atoms with Gasteiger partial charge in [0.1, 0.15) is 23.2 Å². The number of rotatable bonds is 2. The Morgan fingerprint density at radius 1 is 1.26 bits per heavy atom. The van der Waals surface area contributed by atoms with E-state index in [-0.39, 0.29) is 5.75 Å². The molecule has 4 heteroatoms. The predicted molar refractivity (Wildman–Crippen MR) is 89.6 cm³/mol. The van der Waals surface area contributed by atoms with E-state index in [1.165, 1.54) is 0 Å². The summed E-state index contributed by atoms with van der Waals surface area (Å²) in [4.78, 5) is 0. The molecule has 1 aliphatic carbocycles. The lowest BCUT2D eigenvalue weighted by atomic mass is 9.71. The summed E-state index contributed by atoms with van der Waals surface area (Å²) in [6, 6.07) is 3.69. The highest BCUT2D eigenvalue weighted by molar-refractivity contribution is 5.84. The van der Waals surface area contributed by atoms with Crippen molar-refractivity contribution in [1.29, 1.82) is 0 Å². The summed E-state index contributed by atoms with van der Waals surface area (Å²) >= 11 is 0. The van der Waals surface area contributed by atoms with Crippen molar-refractivity contribution in [3.05, 3.63) is 28.8 Å². The molecule has 0 unspecified atom stereocenters. The van der Waals surface area contributed by atoms with Crippen molar-refractivity contribution < 1.29 is 20.1 Å². The summed E-state index contributed by atoms with van der Waals surface area (Å²) < 4.78 is 6.16. The van der Waals surface area contributed by atoms with Gasteiger partial charge in [-0.15, -0.1) is 0 Å². The molecule has 1 heterocycles. The first kappa shape index (κ1) is 16.3. The fraction of sp³-hybridized carbons (Fsp3) is 0.579. The molecule has 0 spiro atoms. The SMILES string of the molecule is CCCc1cc(O)c2c(c1)OC(C)(C)C1=C2[C@@H](O)[C@](C)(O)CC1. The first-order valence-corrected chi connectivity index (χ1v) is 8.36. The van der Waals surface area contributed by atoms with Crippen molar-refractivity contribution in [2.24, 2.45) is 0 Å². The molecule has 0 amide bonds. The zero-order valence-electron chi connectivity index (χ0n) is 14.3. The van der Waals surface area contributed by atoms with Crippen LogP contribution in [0.2, 0.25) is 0 Å². The van der Waals surface area contributed by atoms with Gasteiger partial charge < -0.3 is 20.1 Å². The van der Waals surface area contributed by atoms with Gasteiger partial charge in [0.15, 0.2) is 0 Å². The molecule has 126 valence electrons. The van der Waals surface area contributed by atoms with Crippen LogP contribution in [0.1, 0.15) is 58.1 Å². The lowest BCUT2D eigenvalue weighted by Gasteiger charge is -2.45. The zero-order valence-corrected chi connectivity index (χ0v) is 14.3. The van der Waals surface area contributed by atoms with Gasteiger partial charge in [-0.3, -0.25) is 0 Å². The van der Waals surface area contributed by atoms with Crippen LogP contribution in [-0.2, 0) is 6.42 Å². The van der Waals surface area contributed by atoms with Gasteiger partial charge in [0.05, 0.1) is 11.2 Å². The Kier molecular flexibility index (Phi) is 3.73. The summed E-state index contributed by atoms with van der Waals surface area (Å²) in [6.45, 7) is 7.68. The predicted octanol–water partition coefficient (Wildman–Crippen LogP) is 3.18. The van der Waals surface area contributed by atoms with Gasteiger partial charge in [-0.25, -0.2) is 0 Å². The second kappa shape index (κ2) is 5.25. The Balaban J connectivity index is 2.23. The summed E-state index contributed by atoms with van der Waals surface area (Å²) in [7, 11) is 0. The third kappa shape index (κ3) is 2.54. The molecule has 3 N–H and O–H groups in total. The molecule has 1 aliphatic heterocycles. The first-order chi connectivity index (χ1) is 10.7. The van der Waals surface area contributed by atoms with Crippen molar-refractivity contribution in [3.8, 4) is 11.5 Å². The van der Waals surface area contributed by atoms with Gasteiger partial charge >= 0.3 is 0 Å². The van der Waals surface area contributed by atoms with Crippen molar-refractivity contribution in [1.82, 2.24) is 0 Å². The van der Waals surface area contributed by atoms with Crippen LogP contribution in [0.15, 0.2) is 17.7 Å². The highest BCUT2D eigenvalue weighted by Gasteiger charge is 2.47. The van der Waals surface area contributed by atoms with E-state index in [1.54, 1.807) is 13.0 Å². The van der Waals surface area contributed by atoms with Crippen molar-refractivity contribution >= 4 is 5.57 Å². The van der Waals surface area contributed by atoms with E-state index < -0.39 is 17.3 Å². The van der Waals surface area contributed by atoms with E-state index in [0.717, 1.165) is 24.0 Å². The van der Waals surface area contributed by atoms with Crippen LogP contribution in [0.25, 0.3) is 5.57 Å². The Hall–Kier alpha value is -1.52. The summed E-state index contributed by atoms with van der Waals surface area (Å²) in [5.41, 5.74) is 1.39. The number of phenolic OH excluding ortho intramolecular Hbond substituents is 1. The summed E-state index contributed by atoms with van der Waals surface area (Å²) in [5, 5.41) is 31.8. The molecule has 0 saturated carbocycles. The van der Waals surface area contributed by atoms with Crippen LogP contribution in [0.5, 0.6) is 11.5 Å². The third-order valence-electron chi connectivity index (χ3n) is 5.11. The highest BCUT2D eigenvalue weighted by atomic mass is 16.5. The molecule has 0 fully saturated rings. The molecule has 0 radical (unpaired) electrons. The minimum Gasteiger partial charge on any atom is -0.507 e. The fourth-order valence-electron chi connectivity index (χ4n) is 3.82. The summed E-state index contributed by atoms with van der Waals surface area (Å²) in [5.74, 6) is 0.708. The zero-order chi connectivity index (χ0) is 17.0. The minimum absolute atomic E-state index is 0.116. The molecule has 2 aliphatic rings. The Bertz CT molecular complexity index is 670. The number of aryl methyl sites for hydroxylation is 1. The molecule has 0 aromatic heterocycles. The topological polar surface area (TPSA) is 69.9 Å². The second-order valence-corrected chi connectivity index (χ2v) is 7.50. The van der Waals surface area contributed by atoms with E-state index >= 15 is 0 Å². The monoisotopic (exact) mass is 318 g/mol. The molecular formula is C19H26O4. The molecule has 3 rings (SSSR count). The van der Waals surface area contributed by atoms with Crippen LogP contribution in [0.4, 0.5) is 0 Å². The van der Waals surface area contributed by atoms with Gasteiger partial charge in [0.2, 0.25) is 0 Å². The highest BCUT2D eigenvalue weighted by Crippen LogP contribution is 2.52. The van der Waals surface area contributed by atoms with Crippen LogP contribution in [0, 0.1) is 0 Å². The van der Waals surface area contributed by atoms with E-state index in [4.69, 9.17) is 4.74 Å². The fourth-order valence-corrected chi connectivity index (χ4v) is 3.82. The van der Waals surface area contributed by atoms with Gasteiger partial charge in [-0.1, -0.05) is 13.3 Å². The molecule has 4 nitrogen and oxygen atoms in total. The Morgan fingerprint density at radius 2 is 1.96 bits per heavy atom. The van der Waals surface area contributed by atoms with Crippen LogP contribution >= 0.6 is 0 Å². The molecular weight excluding hydrogens is 292 g/mol. The maximum Gasteiger partial charge on any atom is 0.132 e. The van der Waals surface area contributed by atoms with Gasteiger partial charge in [0.25, 0.3) is 0 Å². The second-order valence-electron chi connectivity index (χ2n) is 7.50. The van der Waals surface area contributed by atoms with Gasteiger partial charge in [0, 0.05) is 5.57 Å². The largest absolute Gasteiger partial charge is 0.507 e. The molecule has 0 bridgehead atoms. The van der Waals surface area contributed by atoms with E-state index in [1.807, 2.05) is 19.9 Å². The maximum absolute atomic E-state index is 10.7. The normalized spacial score (nSPS) is 28.9. The quantitative estimate of drug-likeness (QED) is 0.783. The number of benzene rings is 1. The number of aliphatic hydroxyl groups is 2. The van der Waals surface area contributed by atoms with Gasteiger partial charge in [-0.05, 0) is 63.3 Å². The molecule has 2 atom stereocenters. The van der Waals surface area contributed by atoms with E-state index in [2.05, 4.69) is 6.92 Å². The number of hydrogen-bond acceptors (Lipinski definition) is 4. The maximum atomic E-state index is 10.7. The molecule has 1 aromatic carbocycles. The first-order valence-electron chi connectivity index (χ1n) is 8.36. The van der Waals surface area contributed by atoms with Crippen LogP contribution < -0.4 is 4.74 Å². The summed E-state index contributed by atoms with van der Waals surface area (Å²) in [6.07, 6.45) is 1.92. The van der Waals surface area contributed by atoms with E-state index in [0.29, 0.717) is 29.7 Å². The smallest absolute Gasteiger partial charge is 0.132 e. The number of fused-ring (bicyclic) bond motifs is 2. The van der Waals surface area contributed by atoms with Crippen molar-refractivity contribution in [2.75, 3.05) is 0 Å². The molecule has 0 saturated heterocycles. The standard InChI is InChI=1S/C19H26O4/c1-5-6-11-9-13(20)16-14(10-11)23-18(2,3)12-7-8-19(4,22)17(21)15(12)16/h9-10,17,20-22H,5-8H2,1-4H3/t17-,19-/m1/s1.